The number of thiazole rings is 1. The number of benzene rings is 1. The van der Waals surface area contributed by atoms with E-state index in [2.05, 4.69) is 42.7 Å². The highest BCUT2D eigenvalue weighted by Gasteiger charge is 2.07. The van der Waals surface area contributed by atoms with Crippen molar-refractivity contribution in [2.75, 3.05) is 20.2 Å². The molecule has 2 heterocycles. The molecular weight excluding hydrogens is 374 g/mol. The van der Waals surface area contributed by atoms with Crippen LogP contribution < -0.4 is 15.4 Å². The lowest BCUT2D eigenvalue weighted by Gasteiger charge is -2.10. The molecule has 0 fully saturated rings. The fourth-order valence-corrected chi connectivity index (χ4v) is 3.32. The summed E-state index contributed by atoms with van der Waals surface area (Å²) < 4.78 is 5.18. The molecule has 0 unspecified atom stereocenters. The quantitative estimate of drug-likeness (QED) is 0.398. The largest absolute Gasteiger partial charge is 0.497 e. The molecule has 2 aromatic heterocycles. The fourth-order valence-electron chi connectivity index (χ4n) is 2.54. The smallest absolute Gasteiger partial charge is 0.191 e. The van der Waals surface area contributed by atoms with Crippen molar-refractivity contribution in [1.29, 1.82) is 0 Å². The average molecular weight is 400 g/mol. The summed E-state index contributed by atoms with van der Waals surface area (Å²) >= 11 is 1.72. The van der Waals surface area contributed by atoms with E-state index in [1.54, 1.807) is 18.4 Å². The number of nitrogens with zero attached hydrogens (tertiary/aromatic N) is 4. The van der Waals surface area contributed by atoms with Crippen LogP contribution in [0.15, 0.2) is 35.5 Å². The van der Waals surface area contributed by atoms with Crippen molar-refractivity contribution in [3.8, 4) is 17.1 Å². The third kappa shape index (κ3) is 5.53. The first-order chi connectivity index (χ1) is 13.7. The number of H-pyrrole nitrogens is 1. The summed E-state index contributed by atoms with van der Waals surface area (Å²) in [6, 6.07) is 7.64. The van der Waals surface area contributed by atoms with E-state index in [1.165, 1.54) is 4.88 Å². The van der Waals surface area contributed by atoms with Crippen LogP contribution in [0.3, 0.4) is 0 Å². The van der Waals surface area contributed by atoms with Gasteiger partial charge >= 0.3 is 0 Å². The number of guanidine groups is 1. The predicted molar refractivity (Wildman–Crippen MR) is 112 cm³/mol. The van der Waals surface area contributed by atoms with Gasteiger partial charge in [-0.2, -0.15) is 5.10 Å². The van der Waals surface area contributed by atoms with Gasteiger partial charge in [-0.15, -0.1) is 11.3 Å². The minimum Gasteiger partial charge on any atom is -0.497 e. The summed E-state index contributed by atoms with van der Waals surface area (Å²) in [5.41, 5.74) is 0.927. The van der Waals surface area contributed by atoms with Crippen molar-refractivity contribution in [1.82, 2.24) is 30.8 Å². The highest BCUT2D eigenvalue weighted by Crippen LogP contribution is 2.19. The summed E-state index contributed by atoms with van der Waals surface area (Å²) in [7, 11) is 1.64. The second kappa shape index (κ2) is 9.84. The number of ether oxygens (including phenoxy) is 1. The van der Waals surface area contributed by atoms with Gasteiger partial charge in [0.2, 0.25) is 0 Å². The monoisotopic (exact) mass is 399 g/mol. The van der Waals surface area contributed by atoms with E-state index in [1.807, 2.05) is 37.4 Å². The number of aromatic nitrogens is 4. The lowest BCUT2D eigenvalue weighted by atomic mass is 10.2. The lowest BCUT2D eigenvalue weighted by molar-refractivity contribution is 0.415. The maximum Gasteiger partial charge on any atom is 0.191 e. The van der Waals surface area contributed by atoms with Crippen LogP contribution >= 0.6 is 11.3 Å². The third-order valence-electron chi connectivity index (χ3n) is 3.91. The van der Waals surface area contributed by atoms with Gasteiger partial charge < -0.3 is 15.4 Å². The fraction of sp³-hybridized carbons (Fsp3) is 0.368. The molecule has 28 heavy (non-hydrogen) atoms. The van der Waals surface area contributed by atoms with Crippen molar-refractivity contribution in [3.05, 3.63) is 46.2 Å². The van der Waals surface area contributed by atoms with Gasteiger partial charge in [-0.1, -0.05) is 0 Å². The highest BCUT2D eigenvalue weighted by molar-refractivity contribution is 7.11. The molecule has 3 N–H and O–H groups in total. The molecule has 3 aromatic rings. The highest BCUT2D eigenvalue weighted by atomic mass is 32.1. The van der Waals surface area contributed by atoms with Crippen LogP contribution in [0.4, 0.5) is 0 Å². The first-order valence-electron chi connectivity index (χ1n) is 9.17. The molecule has 0 bridgehead atoms. The number of hydrogen-bond acceptors (Lipinski definition) is 6. The number of rotatable bonds is 8. The lowest BCUT2D eigenvalue weighted by Crippen LogP contribution is -2.38. The number of hydrogen-bond donors (Lipinski definition) is 3. The van der Waals surface area contributed by atoms with Crippen LogP contribution in [0.2, 0.25) is 0 Å². The maximum atomic E-state index is 5.18. The second-order valence-corrected chi connectivity index (χ2v) is 7.39. The van der Waals surface area contributed by atoms with Crippen molar-refractivity contribution >= 4 is 17.3 Å². The molecule has 3 rings (SSSR count). The zero-order valence-electron chi connectivity index (χ0n) is 16.3. The molecule has 0 aliphatic heterocycles. The number of aromatic amines is 1. The molecule has 0 aliphatic rings. The summed E-state index contributed by atoms with van der Waals surface area (Å²) in [6.45, 7) is 6.08. The molecule has 1 aromatic carbocycles. The van der Waals surface area contributed by atoms with Crippen LogP contribution in [0.25, 0.3) is 11.4 Å². The zero-order chi connectivity index (χ0) is 19.8. The average Bonchev–Trinajstić information content (AvgIpc) is 3.35. The van der Waals surface area contributed by atoms with Gasteiger partial charge in [0.05, 0.1) is 12.1 Å². The van der Waals surface area contributed by atoms with E-state index in [4.69, 9.17) is 4.74 Å². The van der Waals surface area contributed by atoms with Gasteiger partial charge in [0.25, 0.3) is 0 Å². The van der Waals surface area contributed by atoms with Gasteiger partial charge in [-0.05, 0) is 38.1 Å². The van der Waals surface area contributed by atoms with Crippen LogP contribution in [0.1, 0.15) is 22.6 Å². The second-order valence-electron chi connectivity index (χ2n) is 6.07. The number of nitrogens with one attached hydrogen (secondary N) is 3. The number of aryl methyl sites for hydroxylation is 1. The minimum atomic E-state index is 0.412. The molecule has 9 heteroatoms. The van der Waals surface area contributed by atoms with E-state index in [9.17, 15) is 0 Å². The first kappa shape index (κ1) is 19.8. The molecule has 148 valence electrons. The first-order valence-corrected chi connectivity index (χ1v) is 9.98. The normalized spacial score (nSPS) is 11.5. The SMILES string of the molecule is CCNC(=NCc1nc(-c2ccc(OC)cc2)n[nH]1)NCCc1ncc(C)s1. The molecule has 0 radical (unpaired) electrons. The van der Waals surface area contributed by atoms with Crippen molar-refractivity contribution in [2.24, 2.45) is 4.99 Å². The molecule has 0 atom stereocenters. The van der Waals surface area contributed by atoms with Crippen molar-refractivity contribution in [2.45, 2.75) is 26.8 Å². The summed E-state index contributed by atoms with van der Waals surface area (Å²) in [4.78, 5) is 14.7. The summed E-state index contributed by atoms with van der Waals surface area (Å²) in [5, 5.41) is 14.9. The van der Waals surface area contributed by atoms with E-state index in [-0.39, 0.29) is 0 Å². The van der Waals surface area contributed by atoms with Gasteiger partial charge in [0.15, 0.2) is 11.8 Å². The van der Waals surface area contributed by atoms with Crippen molar-refractivity contribution < 1.29 is 4.74 Å². The summed E-state index contributed by atoms with van der Waals surface area (Å²) in [5.74, 6) is 2.90. The Labute approximate surface area is 168 Å². The molecule has 0 spiro atoms. The number of methoxy groups -OCH3 is 1. The Morgan fingerprint density at radius 1 is 1.25 bits per heavy atom. The molecule has 0 amide bonds. The third-order valence-corrected chi connectivity index (χ3v) is 4.88. The Morgan fingerprint density at radius 2 is 2.07 bits per heavy atom. The molecule has 0 aliphatic carbocycles. The van der Waals surface area contributed by atoms with Gasteiger partial charge in [-0.3, -0.25) is 5.10 Å². The Morgan fingerprint density at radius 3 is 2.75 bits per heavy atom. The molecule has 0 saturated heterocycles. The van der Waals surface area contributed by atoms with E-state index in [0.717, 1.165) is 41.8 Å². The summed E-state index contributed by atoms with van der Waals surface area (Å²) in [6.07, 6.45) is 2.77. The van der Waals surface area contributed by atoms with E-state index >= 15 is 0 Å². The number of aliphatic imine (C=N–C) groups is 1. The van der Waals surface area contributed by atoms with E-state index in [0.29, 0.717) is 18.2 Å². The van der Waals surface area contributed by atoms with Crippen LogP contribution in [0.5, 0.6) is 5.75 Å². The van der Waals surface area contributed by atoms with Gasteiger partial charge in [0, 0.05) is 36.1 Å². The van der Waals surface area contributed by atoms with E-state index < -0.39 is 0 Å². The van der Waals surface area contributed by atoms with Crippen LogP contribution in [-0.4, -0.2) is 46.3 Å². The van der Waals surface area contributed by atoms with Crippen LogP contribution in [-0.2, 0) is 13.0 Å². The standard InChI is InChI=1S/C19H25N7OS/c1-4-20-19(21-10-9-17-22-11-13(2)28-17)23-12-16-24-18(26-25-16)14-5-7-15(27-3)8-6-14/h5-8,11H,4,9-10,12H2,1-3H3,(H2,20,21,23)(H,24,25,26). The maximum absolute atomic E-state index is 5.18. The molecule has 8 nitrogen and oxygen atoms in total. The predicted octanol–water partition coefficient (Wildman–Crippen LogP) is 2.54. The van der Waals surface area contributed by atoms with Crippen molar-refractivity contribution in [3.63, 3.8) is 0 Å². The van der Waals surface area contributed by atoms with Gasteiger partial charge in [-0.25, -0.2) is 15.0 Å². The Bertz CT molecular complexity index is 901. The Hall–Kier alpha value is -2.94. The zero-order valence-corrected chi connectivity index (χ0v) is 17.1. The molecule has 0 saturated carbocycles. The Balaban J connectivity index is 1.57. The minimum absolute atomic E-state index is 0.412. The Kier molecular flexibility index (Phi) is 6.96. The van der Waals surface area contributed by atoms with Crippen LogP contribution in [0, 0.1) is 6.92 Å². The molecular formula is C19H25N7OS. The topological polar surface area (TPSA) is 100 Å². The van der Waals surface area contributed by atoms with Gasteiger partial charge in [0.1, 0.15) is 18.1 Å².